The highest BCUT2D eigenvalue weighted by atomic mass is 19.4. The van der Waals surface area contributed by atoms with Gasteiger partial charge in [-0.2, -0.15) is 18.4 Å². The molecule has 1 fully saturated rings. The highest BCUT2D eigenvalue weighted by molar-refractivity contribution is 6.11. The van der Waals surface area contributed by atoms with E-state index in [1.54, 1.807) is 19.1 Å². The molecule has 6 nitrogen and oxygen atoms in total. The molecule has 5 rings (SSSR count). The van der Waals surface area contributed by atoms with Gasteiger partial charge in [0.05, 0.1) is 28.1 Å². The molecule has 0 bridgehead atoms. The zero-order chi connectivity index (χ0) is 31.1. The van der Waals surface area contributed by atoms with Crippen LogP contribution in [0.3, 0.4) is 0 Å². The Morgan fingerprint density at radius 2 is 1.79 bits per heavy atom. The standard InChI is InChI=1S/C33H29F4N3O3/c1-18-4-6-19(7-5-18)29-28(30(42)39-3)25-15-24(26(40-31(25)43-29)10-11-33(35,36)37)20-12-21(14-23(34)13-20)27(41)16-32(2,17-38)22-8-9-22/h4-7,12-15,22H,8-11,16H2,1-3H3,(H,39,42). The number of Topliss-reactive ketones (excluding diaryl/α,β-unsaturated/α-hetero) is 1. The molecule has 0 aliphatic heterocycles. The van der Waals surface area contributed by atoms with Crippen LogP contribution in [0.5, 0.6) is 0 Å². The number of aromatic nitrogens is 1. The third kappa shape index (κ3) is 6.31. The highest BCUT2D eigenvalue weighted by Gasteiger charge is 2.43. The number of nitrogens with one attached hydrogen (secondary N) is 1. The molecule has 0 spiro atoms. The van der Waals surface area contributed by atoms with Crippen molar-refractivity contribution in [3.8, 4) is 28.5 Å². The van der Waals surface area contributed by atoms with Gasteiger partial charge in [-0.15, -0.1) is 0 Å². The second kappa shape index (κ2) is 11.3. The molecule has 1 unspecified atom stereocenters. The summed E-state index contributed by atoms with van der Waals surface area (Å²) in [6.45, 7) is 3.61. The lowest BCUT2D eigenvalue weighted by Crippen LogP contribution is -2.21. The van der Waals surface area contributed by atoms with Crippen LogP contribution in [0.2, 0.25) is 0 Å². The van der Waals surface area contributed by atoms with Crippen molar-refractivity contribution >= 4 is 22.8 Å². The van der Waals surface area contributed by atoms with Crippen LogP contribution in [-0.4, -0.2) is 29.9 Å². The van der Waals surface area contributed by atoms with E-state index in [1.165, 1.54) is 19.2 Å². The summed E-state index contributed by atoms with van der Waals surface area (Å²) in [5, 5.41) is 12.5. The quantitative estimate of drug-likeness (QED) is 0.157. The van der Waals surface area contributed by atoms with E-state index in [4.69, 9.17) is 4.42 Å². The van der Waals surface area contributed by atoms with E-state index >= 15 is 0 Å². The first-order valence-electron chi connectivity index (χ1n) is 13.9. The lowest BCUT2D eigenvalue weighted by molar-refractivity contribution is -0.134. The molecule has 10 heteroatoms. The number of rotatable bonds is 9. The van der Waals surface area contributed by atoms with Crippen LogP contribution in [0.15, 0.2) is 52.9 Å². The number of carbonyl (C=O) groups is 2. The van der Waals surface area contributed by atoms with Crippen molar-refractivity contribution in [2.24, 2.45) is 11.3 Å². The number of nitrogens with zero attached hydrogens (tertiary/aromatic N) is 2. The number of alkyl halides is 3. The number of nitriles is 1. The molecule has 2 heterocycles. The maximum atomic E-state index is 15.0. The molecular weight excluding hydrogens is 562 g/mol. The Morgan fingerprint density at radius 1 is 1.09 bits per heavy atom. The zero-order valence-electron chi connectivity index (χ0n) is 23.9. The van der Waals surface area contributed by atoms with Gasteiger partial charge in [0.2, 0.25) is 5.71 Å². The Hall–Kier alpha value is -4.52. The number of fused-ring (bicyclic) bond motifs is 1. The van der Waals surface area contributed by atoms with Crippen LogP contribution >= 0.6 is 0 Å². The summed E-state index contributed by atoms with van der Waals surface area (Å²) in [6, 6.07) is 14.4. The molecule has 1 amide bonds. The van der Waals surface area contributed by atoms with Crippen LogP contribution in [-0.2, 0) is 6.42 Å². The number of ketones is 1. The zero-order valence-corrected chi connectivity index (χ0v) is 23.9. The van der Waals surface area contributed by atoms with Crippen LogP contribution < -0.4 is 5.32 Å². The second-order valence-electron chi connectivity index (χ2n) is 11.3. The Balaban J connectivity index is 1.68. The summed E-state index contributed by atoms with van der Waals surface area (Å²) in [4.78, 5) is 30.7. The van der Waals surface area contributed by atoms with Crippen LogP contribution in [0.4, 0.5) is 17.6 Å². The fourth-order valence-corrected chi connectivity index (χ4v) is 5.36. The van der Waals surface area contributed by atoms with Gasteiger partial charge in [0, 0.05) is 36.6 Å². The molecule has 0 saturated heterocycles. The van der Waals surface area contributed by atoms with Gasteiger partial charge in [0.1, 0.15) is 11.6 Å². The predicted octanol–water partition coefficient (Wildman–Crippen LogP) is 7.98. The van der Waals surface area contributed by atoms with E-state index in [9.17, 15) is 32.4 Å². The van der Waals surface area contributed by atoms with Gasteiger partial charge in [0.15, 0.2) is 5.78 Å². The van der Waals surface area contributed by atoms with Gasteiger partial charge in [-0.05, 0) is 68.9 Å². The third-order valence-corrected chi connectivity index (χ3v) is 7.97. The monoisotopic (exact) mass is 591 g/mol. The van der Waals surface area contributed by atoms with Crippen molar-refractivity contribution in [2.45, 2.75) is 52.1 Å². The SMILES string of the molecule is CNC(=O)c1c(-c2ccc(C)cc2)oc2nc(CCC(F)(F)F)c(-c3cc(F)cc(C(=O)CC(C)(C#N)C4CC4)c3)cc12. The maximum absolute atomic E-state index is 15.0. The molecule has 1 aliphatic carbocycles. The largest absolute Gasteiger partial charge is 0.437 e. The Bertz CT molecular complexity index is 1770. The lowest BCUT2D eigenvalue weighted by atomic mass is 9.80. The number of benzene rings is 2. The number of halogens is 4. The number of furan rings is 1. The molecule has 1 aliphatic rings. The van der Waals surface area contributed by atoms with E-state index < -0.39 is 41.9 Å². The van der Waals surface area contributed by atoms with E-state index in [1.807, 2.05) is 19.1 Å². The van der Waals surface area contributed by atoms with Crippen molar-refractivity contribution < 1.29 is 31.6 Å². The Morgan fingerprint density at radius 3 is 2.40 bits per heavy atom. The van der Waals surface area contributed by atoms with Crippen LogP contribution in [0.25, 0.3) is 33.6 Å². The van der Waals surface area contributed by atoms with E-state index in [2.05, 4.69) is 16.4 Å². The Kier molecular flexibility index (Phi) is 7.86. The van der Waals surface area contributed by atoms with Gasteiger partial charge >= 0.3 is 6.18 Å². The van der Waals surface area contributed by atoms with Gasteiger partial charge in [0.25, 0.3) is 5.91 Å². The lowest BCUT2D eigenvalue weighted by Gasteiger charge is -2.20. The summed E-state index contributed by atoms with van der Waals surface area (Å²) in [5.74, 6) is -1.45. The van der Waals surface area contributed by atoms with E-state index in [-0.39, 0.29) is 57.1 Å². The van der Waals surface area contributed by atoms with Gasteiger partial charge < -0.3 is 9.73 Å². The Labute approximate surface area is 245 Å². The first kappa shape index (κ1) is 30.0. The van der Waals surface area contributed by atoms with Crippen LogP contribution in [0, 0.1) is 35.4 Å². The van der Waals surface area contributed by atoms with E-state index in [0.29, 0.717) is 5.56 Å². The average Bonchev–Trinajstić information content (AvgIpc) is 3.76. The first-order chi connectivity index (χ1) is 20.3. The minimum atomic E-state index is -4.50. The number of amides is 1. The smallest absolute Gasteiger partial charge is 0.389 e. The van der Waals surface area contributed by atoms with Gasteiger partial charge in [-0.25, -0.2) is 9.37 Å². The number of aryl methyl sites for hydroxylation is 2. The molecule has 222 valence electrons. The molecule has 43 heavy (non-hydrogen) atoms. The number of hydrogen-bond donors (Lipinski definition) is 1. The number of pyridine rings is 1. The number of hydrogen-bond acceptors (Lipinski definition) is 5. The van der Waals surface area contributed by atoms with Crippen molar-refractivity contribution in [1.82, 2.24) is 10.3 Å². The van der Waals surface area contributed by atoms with Gasteiger partial charge in [-0.1, -0.05) is 29.8 Å². The molecular formula is C33H29F4N3O3. The van der Waals surface area contributed by atoms with Crippen molar-refractivity contribution in [2.75, 3.05) is 7.05 Å². The third-order valence-electron chi connectivity index (χ3n) is 7.97. The highest BCUT2D eigenvalue weighted by Crippen LogP contribution is 2.48. The summed E-state index contributed by atoms with van der Waals surface area (Å²) < 4.78 is 61.0. The molecule has 1 saturated carbocycles. The first-order valence-corrected chi connectivity index (χ1v) is 13.9. The van der Waals surface area contributed by atoms with Crippen molar-refractivity contribution in [1.29, 1.82) is 5.26 Å². The topological polar surface area (TPSA) is 96.0 Å². The molecule has 1 atom stereocenters. The van der Waals surface area contributed by atoms with Crippen LogP contribution in [0.1, 0.15) is 64.6 Å². The summed E-state index contributed by atoms with van der Waals surface area (Å²) in [7, 11) is 1.44. The van der Waals surface area contributed by atoms with Crippen molar-refractivity contribution in [3.05, 3.63) is 76.7 Å². The molecule has 2 aromatic heterocycles. The average molecular weight is 592 g/mol. The van der Waals surface area contributed by atoms with E-state index in [0.717, 1.165) is 30.5 Å². The summed E-state index contributed by atoms with van der Waals surface area (Å²) in [6.07, 6.45) is -4.68. The molecule has 1 N–H and O–H groups in total. The summed E-state index contributed by atoms with van der Waals surface area (Å²) in [5.41, 5.74) is 0.956. The molecule has 0 radical (unpaired) electrons. The van der Waals surface area contributed by atoms with Gasteiger partial charge in [-0.3, -0.25) is 9.59 Å². The molecule has 4 aromatic rings. The normalized spacial score (nSPS) is 14.7. The fourth-order valence-electron chi connectivity index (χ4n) is 5.36. The van der Waals surface area contributed by atoms with Crippen molar-refractivity contribution in [3.63, 3.8) is 0 Å². The summed E-state index contributed by atoms with van der Waals surface area (Å²) >= 11 is 0. The minimum Gasteiger partial charge on any atom is -0.437 e. The fraction of sp³-hybridized carbons (Fsp3) is 0.333. The predicted molar refractivity (Wildman–Crippen MR) is 153 cm³/mol. The number of carbonyl (C=O) groups excluding carboxylic acids is 2. The minimum absolute atomic E-state index is 0.00180. The molecule has 2 aromatic carbocycles. The second-order valence-corrected chi connectivity index (χ2v) is 11.3. The maximum Gasteiger partial charge on any atom is 0.389 e.